The third-order valence-corrected chi connectivity index (χ3v) is 5.60. The minimum absolute atomic E-state index is 0.0507. The molecular weight excluding hydrogens is 497 g/mol. The molecule has 0 unspecified atom stereocenters. The Balaban J connectivity index is 1.49. The number of halogens is 4. The van der Waals surface area contributed by atoms with Gasteiger partial charge < -0.3 is 20.7 Å². The molecule has 188 valence electrons. The lowest BCUT2D eigenvalue weighted by atomic mass is 10.1. The van der Waals surface area contributed by atoms with Crippen LogP contribution in [0.1, 0.15) is 29.2 Å². The first-order valence-corrected chi connectivity index (χ1v) is 11.3. The van der Waals surface area contributed by atoms with Crippen molar-refractivity contribution in [3.8, 4) is 0 Å². The molecule has 3 aromatic rings. The molecule has 2 heterocycles. The second-order valence-electron chi connectivity index (χ2n) is 8.01. The van der Waals surface area contributed by atoms with Crippen molar-refractivity contribution in [2.24, 2.45) is 0 Å². The first kappa shape index (κ1) is 25.4. The van der Waals surface area contributed by atoms with Gasteiger partial charge in [0.05, 0.1) is 23.8 Å². The Morgan fingerprint density at radius 3 is 2.44 bits per heavy atom. The van der Waals surface area contributed by atoms with Crippen molar-refractivity contribution < 1.29 is 22.7 Å². The van der Waals surface area contributed by atoms with Crippen LogP contribution in [-0.2, 0) is 10.9 Å². The molecule has 0 aliphatic carbocycles. The molecule has 1 aromatic heterocycles. The van der Waals surface area contributed by atoms with E-state index in [1.165, 1.54) is 6.07 Å². The molecule has 0 spiro atoms. The number of nitrogens with zero attached hydrogens (tertiary/aromatic N) is 3. The van der Waals surface area contributed by atoms with Gasteiger partial charge in [-0.1, -0.05) is 23.7 Å². The molecule has 2 aromatic carbocycles. The van der Waals surface area contributed by atoms with Crippen LogP contribution in [0.25, 0.3) is 5.57 Å². The lowest BCUT2D eigenvalue weighted by molar-refractivity contribution is -0.137. The second-order valence-corrected chi connectivity index (χ2v) is 8.42. The maximum Gasteiger partial charge on any atom is 0.417 e. The maximum atomic E-state index is 13.1. The van der Waals surface area contributed by atoms with Crippen molar-refractivity contribution in [2.75, 3.05) is 29.2 Å². The zero-order chi connectivity index (χ0) is 25.9. The first-order valence-electron chi connectivity index (χ1n) is 10.9. The van der Waals surface area contributed by atoms with Gasteiger partial charge in [-0.15, -0.1) is 0 Å². The number of carbonyl (C=O) groups is 1. The smallest absolute Gasteiger partial charge is 0.377 e. The molecule has 1 aliphatic heterocycles. The highest BCUT2D eigenvalue weighted by molar-refractivity contribution is 6.31. The molecule has 3 N–H and O–H groups in total. The van der Waals surface area contributed by atoms with Crippen LogP contribution in [0.4, 0.5) is 41.0 Å². The number of anilines is 4. The monoisotopic (exact) mass is 518 g/mol. The Labute approximate surface area is 210 Å². The molecule has 36 heavy (non-hydrogen) atoms. The highest BCUT2D eigenvalue weighted by Crippen LogP contribution is 2.36. The Morgan fingerprint density at radius 2 is 1.75 bits per heavy atom. The number of carbonyl (C=O) groups excluding carboxylic acids is 1. The summed E-state index contributed by atoms with van der Waals surface area (Å²) in [4.78, 5) is 25.7. The van der Waals surface area contributed by atoms with Crippen molar-refractivity contribution in [1.29, 1.82) is 0 Å². The highest BCUT2D eigenvalue weighted by Gasteiger charge is 2.33. The van der Waals surface area contributed by atoms with Gasteiger partial charge in [0.1, 0.15) is 5.82 Å². The van der Waals surface area contributed by atoms with Crippen LogP contribution in [0, 0.1) is 13.8 Å². The molecule has 0 fully saturated rings. The lowest BCUT2D eigenvalue weighted by Gasteiger charge is -2.15. The van der Waals surface area contributed by atoms with Crippen LogP contribution < -0.4 is 16.0 Å². The molecule has 0 atom stereocenters. The maximum absolute atomic E-state index is 13.1. The highest BCUT2D eigenvalue weighted by atomic mass is 35.5. The van der Waals surface area contributed by atoms with Gasteiger partial charge in [-0.25, -0.2) is 9.78 Å². The zero-order valence-electron chi connectivity index (χ0n) is 19.3. The molecular formula is C24H22ClF3N6O2. The fraction of sp³-hybridized carbons (Fsp3) is 0.250. The fourth-order valence-corrected chi connectivity index (χ4v) is 3.70. The molecule has 2 amide bonds. The van der Waals surface area contributed by atoms with Gasteiger partial charge in [-0.05, 0) is 61.7 Å². The number of hydrogen-bond acceptors (Lipinski definition) is 6. The number of rotatable bonds is 5. The van der Waals surface area contributed by atoms with E-state index in [1.807, 2.05) is 13.0 Å². The van der Waals surface area contributed by atoms with Crippen LogP contribution in [0.15, 0.2) is 42.5 Å². The number of aromatic nitrogens is 3. The molecule has 4 rings (SSSR count). The normalized spacial score (nSPS) is 13.7. The number of aryl methyl sites for hydroxylation is 2. The van der Waals surface area contributed by atoms with E-state index in [4.69, 9.17) is 16.3 Å². The summed E-state index contributed by atoms with van der Waals surface area (Å²) in [5.74, 6) is 1.46. The summed E-state index contributed by atoms with van der Waals surface area (Å²) in [5.41, 5.74) is 1.80. The van der Waals surface area contributed by atoms with Crippen molar-refractivity contribution >= 4 is 46.2 Å². The lowest BCUT2D eigenvalue weighted by Crippen LogP contribution is -2.20. The summed E-state index contributed by atoms with van der Waals surface area (Å²) < 4.78 is 44.6. The van der Waals surface area contributed by atoms with E-state index >= 15 is 0 Å². The van der Waals surface area contributed by atoms with E-state index in [2.05, 4.69) is 30.9 Å². The van der Waals surface area contributed by atoms with Gasteiger partial charge in [0, 0.05) is 17.1 Å². The number of amides is 2. The van der Waals surface area contributed by atoms with Crippen LogP contribution in [-0.4, -0.2) is 34.2 Å². The average molecular weight is 519 g/mol. The Hall–Kier alpha value is -3.70. The summed E-state index contributed by atoms with van der Waals surface area (Å²) in [6, 6.07) is 7.54. The van der Waals surface area contributed by atoms with Crippen molar-refractivity contribution in [1.82, 2.24) is 15.0 Å². The van der Waals surface area contributed by atoms with Crippen LogP contribution >= 0.6 is 11.6 Å². The topological polar surface area (TPSA) is 101 Å². The summed E-state index contributed by atoms with van der Waals surface area (Å²) in [7, 11) is 0. The van der Waals surface area contributed by atoms with E-state index < -0.39 is 22.8 Å². The number of alkyl halides is 3. The van der Waals surface area contributed by atoms with E-state index in [-0.39, 0.29) is 5.69 Å². The van der Waals surface area contributed by atoms with Crippen molar-refractivity contribution in [3.63, 3.8) is 0 Å². The van der Waals surface area contributed by atoms with Gasteiger partial charge in [0.25, 0.3) is 0 Å². The SMILES string of the molecule is Cc1nc(Nc2cc(NC(=O)Nc3ccc(Cl)c(C(F)(F)F)c3)ccc2C)nc(C2=CCOCC2)n1. The Morgan fingerprint density at radius 1 is 1.03 bits per heavy atom. The zero-order valence-corrected chi connectivity index (χ0v) is 20.1. The van der Waals surface area contributed by atoms with Crippen molar-refractivity contribution in [2.45, 2.75) is 26.4 Å². The Bertz CT molecular complexity index is 1330. The fourth-order valence-electron chi connectivity index (χ4n) is 3.48. The minimum atomic E-state index is -4.64. The van der Waals surface area contributed by atoms with E-state index in [0.717, 1.165) is 23.3 Å². The number of urea groups is 1. The largest absolute Gasteiger partial charge is 0.417 e. The molecule has 0 saturated carbocycles. The summed E-state index contributed by atoms with van der Waals surface area (Å²) in [6.45, 7) is 4.74. The summed E-state index contributed by atoms with van der Waals surface area (Å²) >= 11 is 5.63. The molecule has 0 bridgehead atoms. The molecule has 0 radical (unpaired) electrons. The standard InChI is InChI=1S/C24H22ClF3N6O2/c1-13-3-4-17(32-23(35)31-16-5-6-19(25)18(11-16)24(26,27)28)12-20(13)33-22-30-14(2)29-21(34-22)15-7-9-36-10-8-15/h3-7,11-12H,8-10H2,1-2H3,(H2,31,32,35)(H,29,30,33,34). The third kappa shape index (κ3) is 6.29. The molecule has 0 saturated heterocycles. The van der Waals surface area contributed by atoms with Crippen LogP contribution in [0.5, 0.6) is 0 Å². The summed E-state index contributed by atoms with van der Waals surface area (Å²) in [5, 5.41) is 7.70. The molecule has 1 aliphatic rings. The second kappa shape index (κ2) is 10.5. The number of ether oxygens (including phenoxy) is 1. The van der Waals surface area contributed by atoms with Gasteiger partial charge in [-0.2, -0.15) is 23.1 Å². The van der Waals surface area contributed by atoms with Gasteiger partial charge in [0.15, 0.2) is 5.82 Å². The van der Waals surface area contributed by atoms with Gasteiger partial charge >= 0.3 is 12.2 Å². The molecule has 12 heteroatoms. The van der Waals surface area contributed by atoms with E-state index in [9.17, 15) is 18.0 Å². The first-order chi connectivity index (χ1) is 17.1. The average Bonchev–Trinajstić information content (AvgIpc) is 2.82. The third-order valence-electron chi connectivity index (χ3n) is 5.27. The number of benzene rings is 2. The van der Waals surface area contributed by atoms with Gasteiger partial charge in [0.2, 0.25) is 5.95 Å². The van der Waals surface area contributed by atoms with Crippen molar-refractivity contribution in [3.05, 3.63) is 70.3 Å². The Kier molecular flexibility index (Phi) is 7.41. The predicted octanol–water partition coefficient (Wildman–Crippen LogP) is 6.35. The number of hydrogen-bond donors (Lipinski definition) is 3. The quantitative estimate of drug-likeness (QED) is 0.364. The predicted molar refractivity (Wildman–Crippen MR) is 132 cm³/mol. The van der Waals surface area contributed by atoms with E-state index in [0.29, 0.717) is 48.6 Å². The van der Waals surface area contributed by atoms with Crippen LogP contribution in [0.3, 0.4) is 0 Å². The molecule has 8 nitrogen and oxygen atoms in total. The van der Waals surface area contributed by atoms with Gasteiger partial charge in [-0.3, -0.25) is 0 Å². The minimum Gasteiger partial charge on any atom is -0.377 e. The van der Waals surface area contributed by atoms with Crippen LogP contribution in [0.2, 0.25) is 5.02 Å². The number of nitrogens with one attached hydrogen (secondary N) is 3. The summed E-state index contributed by atoms with van der Waals surface area (Å²) in [6.07, 6.45) is -2.00. The van der Waals surface area contributed by atoms with E-state index in [1.54, 1.807) is 25.1 Å².